The molecule has 1 saturated heterocycles. The minimum absolute atomic E-state index is 0.132. The van der Waals surface area contributed by atoms with Gasteiger partial charge in [0.1, 0.15) is 5.69 Å². The van der Waals surface area contributed by atoms with Crippen LogP contribution in [-0.2, 0) is 6.54 Å². The molecule has 1 unspecified atom stereocenters. The van der Waals surface area contributed by atoms with E-state index in [0.717, 1.165) is 31.7 Å². The van der Waals surface area contributed by atoms with E-state index in [9.17, 15) is 4.79 Å². The van der Waals surface area contributed by atoms with Crippen molar-refractivity contribution in [2.24, 2.45) is 5.92 Å². The van der Waals surface area contributed by atoms with Gasteiger partial charge in [0, 0.05) is 25.8 Å². The number of carbonyl (C=O) groups is 1. The highest BCUT2D eigenvalue weighted by atomic mass is 16.2. The van der Waals surface area contributed by atoms with Crippen molar-refractivity contribution in [2.45, 2.75) is 39.7 Å². The minimum Gasteiger partial charge on any atom is -0.397 e. The van der Waals surface area contributed by atoms with Crippen molar-refractivity contribution in [2.75, 3.05) is 18.8 Å². The second-order valence-electron chi connectivity index (χ2n) is 5.14. The highest BCUT2D eigenvalue weighted by Crippen LogP contribution is 2.23. The van der Waals surface area contributed by atoms with Gasteiger partial charge in [-0.15, -0.1) is 0 Å². The molecule has 100 valence electrons. The number of anilines is 1. The van der Waals surface area contributed by atoms with E-state index in [1.807, 2.05) is 22.6 Å². The van der Waals surface area contributed by atoms with Crippen LogP contribution in [0.5, 0.6) is 0 Å². The highest BCUT2D eigenvalue weighted by molar-refractivity contribution is 5.94. The van der Waals surface area contributed by atoms with E-state index in [1.54, 1.807) is 6.07 Å². The van der Waals surface area contributed by atoms with Crippen molar-refractivity contribution < 1.29 is 4.79 Å². The molecular formula is C14H23N3O. The van der Waals surface area contributed by atoms with Crippen LogP contribution in [-0.4, -0.2) is 28.5 Å². The van der Waals surface area contributed by atoms with Crippen molar-refractivity contribution >= 4 is 11.6 Å². The zero-order valence-electron chi connectivity index (χ0n) is 11.4. The third-order valence-electron chi connectivity index (χ3n) is 3.75. The average molecular weight is 249 g/mol. The molecule has 1 aromatic rings. The molecule has 1 atom stereocenters. The summed E-state index contributed by atoms with van der Waals surface area (Å²) in [5, 5.41) is 0. The van der Waals surface area contributed by atoms with Crippen molar-refractivity contribution in [3.05, 3.63) is 18.0 Å². The smallest absolute Gasteiger partial charge is 0.270 e. The van der Waals surface area contributed by atoms with Crippen molar-refractivity contribution in [3.8, 4) is 0 Å². The van der Waals surface area contributed by atoms with Gasteiger partial charge in [-0.3, -0.25) is 4.79 Å². The summed E-state index contributed by atoms with van der Waals surface area (Å²) in [7, 11) is 0. The van der Waals surface area contributed by atoms with Gasteiger partial charge in [-0.2, -0.15) is 0 Å². The van der Waals surface area contributed by atoms with Gasteiger partial charge in [-0.05, 0) is 31.7 Å². The minimum atomic E-state index is 0.132. The first kappa shape index (κ1) is 13.0. The Morgan fingerprint density at radius 1 is 1.50 bits per heavy atom. The Labute approximate surface area is 109 Å². The van der Waals surface area contributed by atoms with Crippen LogP contribution in [0.25, 0.3) is 0 Å². The number of nitrogens with zero attached hydrogens (tertiary/aromatic N) is 2. The molecule has 0 spiro atoms. The third-order valence-corrected chi connectivity index (χ3v) is 3.75. The lowest BCUT2D eigenvalue weighted by Crippen LogP contribution is -2.30. The summed E-state index contributed by atoms with van der Waals surface area (Å²) >= 11 is 0. The SMILES string of the molecule is CCCC1CCN(C(=O)c2cc(N)cn2CC)C1. The number of likely N-dealkylation sites (tertiary alicyclic amines) is 1. The molecule has 1 amide bonds. The standard InChI is InChI=1S/C14H23N3O/c1-3-5-11-6-7-17(9-11)14(18)13-8-12(15)10-16(13)4-2/h8,10-11H,3-7,9,15H2,1-2H3. The molecule has 0 bridgehead atoms. The van der Waals surface area contributed by atoms with Gasteiger partial charge in [-0.1, -0.05) is 13.3 Å². The zero-order valence-corrected chi connectivity index (χ0v) is 11.4. The van der Waals surface area contributed by atoms with E-state index in [4.69, 9.17) is 5.73 Å². The lowest BCUT2D eigenvalue weighted by molar-refractivity contribution is 0.0776. The molecule has 1 aromatic heterocycles. The summed E-state index contributed by atoms with van der Waals surface area (Å²) in [6.45, 7) is 6.80. The number of hydrogen-bond donors (Lipinski definition) is 1. The van der Waals surface area contributed by atoms with Crippen LogP contribution >= 0.6 is 0 Å². The summed E-state index contributed by atoms with van der Waals surface area (Å²) < 4.78 is 1.94. The molecule has 4 heteroatoms. The summed E-state index contributed by atoms with van der Waals surface area (Å²) in [4.78, 5) is 14.4. The number of aryl methyl sites for hydroxylation is 1. The molecule has 1 fully saturated rings. The number of carbonyl (C=O) groups excluding carboxylic acids is 1. The fraction of sp³-hybridized carbons (Fsp3) is 0.643. The molecule has 1 aliphatic rings. The van der Waals surface area contributed by atoms with E-state index >= 15 is 0 Å². The molecule has 2 heterocycles. The molecule has 0 saturated carbocycles. The lowest BCUT2D eigenvalue weighted by Gasteiger charge is -2.17. The first-order valence-corrected chi connectivity index (χ1v) is 6.90. The predicted molar refractivity (Wildman–Crippen MR) is 73.4 cm³/mol. The topological polar surface area (TPSA) is 51.3 Å². The molecule has 0 radical (unpaired) electrons. The zero-order chi connectivity index (χ0) is 13.1. The van der Waals surface area contributed by atoms with E-state index in [1.165, 1.54) is 12.8 Å². The number of amides is 1. The van der Waals surface area contributed by atoms with E-state index in [-0.39, 0.29) is 5.91 Å². The number of rotatable bonds is 4. The van der Waals surface area contributed by atoms with Crippen LogP contribution < -0.4 is 5.73 Å². The van der Waals surface area contributed by atoms with E-state index in [0.29, 0.717) is 11.6 Å². The van der Waals surface area contributed by atoms with Crippen LogP contribution in [0, 0.1) is 5.92 Å². The number of nitrogens with two attached hydrogens (primary N) is 1. The maximum Gasteiger partial charge on any atom is 0.270 e. The summed E-state index contributed by atoms with van der Waals surface area (Å²) in [6, 6.07) is 1.79. The van der Waals surface area contributed by atoms with Gasteiger partial charge in [0.2, 0.25) is 0 Å². The van der Waals surface area contributed by atoms with Gasteiger partial charge < -0.3 is 15.2 Å². The van der Waals surface area contributed by atoms with Gasteiger partial charge in [0.25, 0.3) is 5.91 Å². The van der Waals surface area contributed by atoms with Gasteiger partial charge in [0.15, 0.2) is 0 Å². The molecule has 1 aliphatic heterocycles. The molecule has 4 nitrogen and oxygen atoms in total. The van der Waals surface area contributed by atoms with Crippen LogP contribution in [0.3, 0.4) is 0 Å². The predicted octanol–water partition coefficient (Wildman–Crippen LogP) is 2.35. The fourth-order valence-electron chi connectivity index (χ4n) is 2.80. The second-order valence-corrected chi connectivity index (χ2v) is 5.14. The van der Waals surface area contributed by atoms with Gasteiger partial charge in [0.05, 0.1) is 5.69 Å². The van der Waals surface area contributed by atoms with Crippen molar-refractivity contribution in [3.63, 3.8) is 0 Å². The molecular weight excluding hydrogens is 226 g/mol. The van der Waals surface area contributed by atoms with Crippen molar-refractivity contribution in [1.82, 2.24) is 9.47 Å². The first-order valence-electron chi connectivity index (χ1n) is 6.90. The Kier molecular flexibility index (Phi) is 3.94. The van der Waals surface area contributed by atoms with Gasteiger partial charge >= 0.3 is 0 Å². The van der Waals surface area contributed by atoms with Crippen LogP contribution in [0.2, 0.25) is 0 Å². The lowest BCUT2D eigenvalue weighted by atomic mass is 10.0. The normalized spacial score (nSPS) is 19.4. The maximum absolute atomic E-state index is 12.4. The Bertz CT molecular complexity index is 425. The quantitative estimate of drug-likeness (QED) is 0.890. The van der Waals surface area contributed by atoms with Crippen LogP contribution in [0.4, 0.5) is 5.69 Å². The Hall–Kier alpha value is -1.45. The molecule has 2 N–H and O–H groups in total. The third kappa shape index (κ3) is 2.52. The molecule has 0 aromatic carbocycles. The van der Waals surface area contributed by atoms with Crippen LogP contribution in [0.15, 0.2) is 12.3 Å². The summed E-state index contributed by atoms with van der Waals surface area (Å²) in [5.41, 5.74) is 7.17. The monoisotopic (exact) mass is 249 g/mol. The van der Waals surface area contributed by atoms with E-state index < -0.39 is 0 Å². The first-order chi connectivity index (χ1) is 8.65. The number of hydrogen-bond acceptors (Lipinski definition) is 2. The fourth-order valence-corrected chi connectivity index (χ4v) is 2.80. The van der Waals surface area contributed by atoms with Crippen molar-refractivity contribution in [1.29, 1.82) is 0 Å². The highest BCUT2D eigenvalue weighted by Gasteiger charge is 2.27. The largest absolute Gasteiger partial charge is 0.397 e. The van der Waals surface area contributed by atoms with Gasteiger partial charge in [-0.25, -0.2) is 0 Å². The Morgan fingerprint density at radius 2 is 2.28 bits per heavy atom. The maximum atomic E-state index is 12.4. The van der Waals surface area contributed by atoms with E-state index in [2.05, 4.69) is 6.92 Å². The number of aromatic nitrogens is 1. The average Bonchev–Trinajstić information content (AvgIpc) is 2.95. The summed E-state index contributed by atoms with van der Waals surface area (Å²) in [6.07, 6.45) is 5.40. The molecule has 0 aliphatic carbocycles. The molecule has 18 heavy (non-hydrogen) atoms. The Morgan fingerprint density at radius 3 is 2.94 bits per heavy atom. The number of nitrogen functional groups attached to an aromatic ring is 1. The summed E-state index contributed by atoms with van der Waals surface area (Å²) in [5.74, 6) is 0.813. The Balaban J connectivity index is 2.07. The molecule has 2 rings (SSSR count). The van der Waals surface area contributed by atoms with Crippen LogP contribution in [0.1, 0.15) is 43.6 Å². The second kappa shape index (κ2) is 5.46.